The fourth-order valence-corrected chi connectivity index (χ4v) is 1.99. The molecule has 0 spiro atoms. The summed E-state index contributed by atoms with van der Waals surface area (Å²) in [5.74, 6) is -0.0734. The molecule has 1 aromatic carbocycles. The van der Waals surface area contributed by atoms with Crippen molar-refractivity contribution in [3.05, 3.63) is 29.8 Å². The van der Waals surface area contributed by atoms with Crippen LogP contribution in [0.2, 0.25) is 0 Å². The van der Waals surface area contributed by atoms with E-state index in [1.165, 1.54) is 0 Å². The van der Waals surface area contributed by atoms with E-state index in [0.717, 1.165) is 36.9 Å². The van der Waals surface area contributed by atoms with E-state index in [2.05, 4.69) is 6.92 Å². The Labute approximate surface area is 102 Å². The van der Waals surface area contributed by atoms with E-state index >= 15 is 0 Å². The fraction of sp³-hybridized carbons (Fsp3) is 0.500. The summed E-state index contributed by atoms with van der Waals surface area (Å²) in [7, 11) is 0. The Bertz CT molecular complexity index is 393. The molecule has 0 atom stereocenters. The maximum atomic E-state index is 12.0. The van der Waals surface area contributed by atoms with Gasteiger partial charge in [-0.05, 0) is 37.0 Å². The monoisotopic (exact) mass is 233 g/mol. The lowest BCUT2D eigenvalue weighted by atomic mass is 9.96. The highest BCUT2D eigenvalue weighted by Crippen LogP contribution is 2.49. The van der Waals surface area contributed by atoms with Crippen LogP contribution in [0, 0.1) is 0 Å². The first-order chi connectivity index (χ1) is 8.19. The summed E-state index contributed by atoms with van der Waals surface area (Å²) in [4.78, 5) is 12.0. The number of anilines is 1. The summed E-state index contributed by atoms with van der Waals surface area (Å²) in [5, 5.41) is 0. The highest BCUT2D eigenvalue weighted by atomic mass is 16.5. The molecule has 0 bridgehead atoms. The minimum absolute atomic E-state index is 0.0734. The lowest BCUT2D eigenvalue weighted by Gasteiger charge is -2.14. The van der Waals surface area contributed by atoms with Gasteiger partial charge in [-0.2, -0.15) is 0 Å². The number of unbranched alkanes of at least 4 members (excludes halogenated alkanes) is 1. The van der Waals surface area contributed by atoms with Crippen molar-refractivity contribution in [3.63, 3.8) is 0 Å². The van der Waals surface area contributed by atoms with Crippen LogP contribution >= 0.6 is 0 Å². The Morgan fingerprint density at radius 2 is 2.00 bits per heavy atom. The zero-order chi connectivity index (χ0) is 12.3. The molecule has 2 rings (SSSR count). The first kappa shape index (κ1) is 12.0. The Morgan fingerprint density at radius 3 is 2.53 bits per heavy atom. The van der Waals surface area contributed by atoms with Gasteiger partial charge in [0.25, 0.3) is 0 Å². The Kier molecular flexibility index (Phi) is 3.36. The summed E-state index contributed by atoms with van der Waals surface area (Å²) >= 11 is 0. The van der Waals surface area contributed by atoms with Gasteiger partial charge in [-0.3, -0.25) is 4.79 Å². The van der Waals surface area contributed by atoms with Crippen molar-refractivity contribution in [2.45, 2.75) is 38.0 Å². The Balaban J connectivity index is 2.03. The third-order valence-electron chi connectivity index (χ3n) is 3.34. The topological polar surface area (TPSA) is 52.3 Å². The number of hydrogen-bond acceptors (Lipinski definition) is 3. The number of esters is 1. The molecule has 1 aliphatic carbocycles. The average molecular weight is 233 g/mol. The van der Waals surface area contributed by atoms with Gasteiger partial charge in [0.1, 0.15) is 0 Å². The second kappa shape index (κ2) is 4.78. The van der Waals surface area contributed by atoms with Crippen molar-refractivity contribution in [2.24, 2.45) is 0 Å². The zero-order valence-corrected chi connectivity index (χ0v) is 10.2. The third kappa shape index (κ3) is 2.43. The highest BCUT2D eigenvalue weighted by molar-refractivity contribution is 5.86. The lowest BCUT2D eigenvalue weighted by Crippen LogP contribution is -2.23. The first-order valence-corrected chi connectivity index (χ1v) is 6.22. The maximum absolute atomic E-state index is 12.0. The molecule has 0 amide bonds. The summed E-state index contributed by atoms with van der Waals surface area (Å²) in [6, 6.07) is 7.55. The number of carbonyl (C=O) groups is 1. The zero-order valence-electron chi connectivity index (χ0n) is 10.2. The third-order valence-corrected chi connectivity index (χ3v) is 3.34. The van der Waals surface area contributed by atoms with E-state index < -0.39 is 0 Å². The van der Waals surface area contributed by atoms with Gasteiger partial charge in [-0.1, -0.05) is 25.5 Å². The van der Waals surface area contributed by atoms with Crippen LogP contribution in [-0.4, -0.2) is 12.6 Å². The average Bonchev–Trinajstić information content (AvgIpc) is 3.11. The van der Waals surface area contributed by atoms with Crippen molar-refractivity contribution in [1.29, 1.82) is 0 Å². The van der Waals surface area contributed by atoms with Gasteiger partial charge in [0.15, 0.2) is 0 Å². The van der Waals surface area contributed by atoms with Crippen molar-refractivity contribution < 1.29 is 9.53 Å². The molecule has 3 heteroatoms. The largest absolute Gasteiger partial charge is 0.465 e. The molecular formula is C14H19NO2. The van der Waals surface area contributed by atoms with Crippen molar-refractivity contribution in [2.75, 3.05) is 12.3 Å². The van der Waals surface area contributed by atoms with Gasteiger partial charge in [0, 0.05) is 5.69 Å². The molecule has 3 nitrogen and oxygen atoms in total. The second-order valence-electron chi connectivity index (χ2n) is 4.69. The van der Waals surface area contributed by atoms with Gasteiger partial charge in [-0.15, -0.1) is 0 Å². The van der Waals surface area contributed by atoms with Crippen molar-refractivity contribution in [1.82, 2.24) is 0 Å². The van der Waals surface area contributed by atoms with E-state index in [1.807, 2.05) is 24.3 Å². The van der Waals surface area contributed by atoms with Crippen LogP contribution in [0.15, 0.2) is 24.3 Å². The Hall–Kier alpha value is -1.51. The molecule has 17 heavy (non-hydrogen) atoms. The standard InChI is InChI=1S/C14H19NO2/c1-2-3-10-17-13(16)14(8-9-14)11-4-6-12(15)7-5-11/h4-7H,2-3,8-10,15H2,1H3. The normalized spacial score (nSPS) is 16.5. The summed E-state index contributed by atoms with van der Waals surface area (Å²) in [6.45, 7) is 2.62. The smallest absolute Gasteiger partial charge is 0.316 e. The van der Waals surface area contributed by atoms with E-state index in [-0.39, 0.29) is 11.4 Å². The molecule has 0 radical (unpaired) electrons. The molecule has 0 heterocycles. The number of benzene rings is 1. The molecule has 1 saturated carbocycles. The number of nitrogen functional groups attached to an aromatic ring is 1. The van der Waals surface area contributed by atoms with Crippen LogP contribution in [-0.2, 0) is 14.9 Å². The van der Waals surface area contributed by atoms with Gasteiger partial charge in [0.05, 0.1) is 12.0 Å². The fourth-order valence-electron chi connectivity index (χ4n) is 1.99. The molecule has 92 valence electrons. The maximum Gasteiger partial charge on any atom is 0.316 e. The first-order valence-electron chi connectivity index (χ1n) is 6.22. The predicted octanol–water partition coefficient (Wildman–Crippen LogP) is 2.64. The number of carbonyl (C=O) groups excluding carboxylic acids is 1. The van der Waals surface area contributed by atoms with Crippen LogP contribution in [0.3, 0.4) is 0 Å². The van der Waals surface area contributed by atoms with Gasteiger partial charge in [-0.25, -0.2) is 0 Å². The van der Waals surface area contributed by atoms with Crippen molar-refractivity contribution in [3.8, 4) is 0 Å². The number of hydrogen-bond donors (Lipinski definition) is 1. The molecule has 1 fully saturated rings. The SMILES string of the molecule is CCCCOC(=O)C1(c2ccc(N)cc2)CC1. The van der Waals surface area contributed by atoms with Gasteiger partial charge in [0.2, 0.25) is 0 Å². The van der Waals surface area contributed by atoms with Crippen molar-refractivity contribution >= 4 is 11.7 Å². The van der Waals surface area contributed by atoms with E-state index in [4.69, 9.17) is 10.5 Å². The molecule has 1 aliphatic rings. The summed E-state index contributed by atoms with van der Waals surface area (Å²) < 4.78 is 5.32. The molecule has 0 aliphatic heterocycles. The number of nitrogens with two attached hydrogens (primary N) is 1. The minimum Gasteiger partial charge on any atom is -0.465 e. The predicted molar refractivity (Wildman–Crippen MR) is 67.6 cm³/mol. The van der Waals surface area contributed by atoms with Crippen LogP contribution in [0.1, 0.15) is 38.2 Å². The molecule has 1 aromatic rings. The van der Waals surface area contributed by atoms with Gasteiger partial charge < -0.3 is 10.5 Å². The lowest BCUT2D eigenvalue weighted by molar-refractivity contribution is -0.146. The molecule has 0 aromatic heterocycles. The summed E-state index contributed by atoms with van der Waals surface area (Å²) in [6.07, 6.45) is 3.76. The molecule has 2 N–H and O–H groups in total. The summed E-state index contributed by atoms with van der Waals surface area (Å²) in [5.41, 5.74) is 7.04. The number of ether oxygens (including phenoxy) is 1. The quantitative estimate of drug-likeness (QED) is 0.483. The molecular weight excluding hydrogens is 214 g/mol. The molecule has 0 saturated heterocycles. The second-order valence-corrected chi connectivity index (χ2v) is 4.69. The van der Waals surface area contributed by atoms with Crippen LogP contribution in [0.4, 0.5) is 5.69 Å². The van der Waals surface area contributed by atoms with E-state index in [0.29, 0.717) is 6.61 Å². The van der Waals surface area contributed by atoms with Crippen LogP contribution in [0.25, 0.3) is 0 Å². The number of rotatable bonds is 5. The van der Waals surface area contributed by atoms with E-state index in [9.17, 15) is 4.79 Å². The van der Waals surface area contributed by atoms with E-state index in [1.54, 1.807) is 0 Å². The molecule has 0 unspecified atom stereocenters. The minimum atomic E-state index is -0.374. The Morgan fingerprint density at radius 1 is 1.35 bits per heavy atom. The van der Waals surface area contributed by atoms with Gasteiger partial charge >= 0.3 is 5.97 Å². The highest BCUT2D eigenvalue weighted by Gasteiger charge is 2.52. The van der Waals surface area contributed by atoms with Crippen LogP contribution < -0.4 is 5.73 Å². The van der Waals surface area contributed by atoms with Crippen LogP contribution in [0.5, 0.6) is 0 Å².